The summed E-state index contributed by atoms with van der Waals surface area (Å²) >= 11 is 0. The third kappa shape index (κ3) is 2.69. The van der Waals surface area contributed by atoms with E-state index < -0.39 is 24.2 Å². The van der Waals surface area contributed by atoms with Crippen LogP contribution in [-0.2, 0) is 4.74 Å². The quantitative estimate of drug-likeness (QED) is 0.449. The first kappa shape index (κ1) is 14.6. The van der Waals surface area contributed by atoms with Gasteiger partial charge in [-0.2, -0.15) is 9.38 Å². The molecular formula is C12H17F2N5O. The molecule has 20 heavy (non-hydrogen) atoms. The molecule has 8 heteroatoms. The Bertz CT molecular complexity index is 526. The molecule has 2 rings (SSSR count). The zero-order valence-electron chi connectivity index (χ0n) is 11.2. The van der Waals surface area contributed by atoms with Crippen LogP contribution in [0.1, 0.15) is 37.9 Å². The van der Waals surface area contributed by atoms with Crippen LogP contribution >= 0.6 is 0 Å². The lowest BCUT2D eigenvalue weighted by molar-refractivity contribution is 0.0208. The Hall–Kier alpha value is -1.83. The molecule has 2 heterocycles. The number of aromatic amines is 1. The average molecular weight is 285 g/mol. The van der Waals surface area contributed by atoms with Gasteiger partial charge in [0.15, 0.2) is 11.7 Å². The summed E-state index contributed by atoms with van der Waals surface area (Å²) in [5.74, 6) is -0.649. The summed E-state index contributed by atoms with van der Waals surface area (Å²) in [5, 5.41) is 7.47. The van der Waals surface area contributed by atoms with Crippen LogP contribution in [0.5, 0.6) is 0 Å². The molecule has 1 aliphatic heterocycles. The Morgan fingerprint density at radius 2 is 2.35 bits per heavy atom. The molecule has 110 valence electrons. The summed E-state index contributed by atoms with van der Waals surface area (Å²) in [4.78, 5) is 9.73. The first-order valence-corrected chi connectivity index (χ1v) is 6.37. The van der Waals surface area contributed by atoms with E-state index in [1.54, 1.807) is 6.92 Å². The maximum Gasteiger partial charge on any atom is 0.281 e. The molecule has 1 saturated heterocycles. The molecule has 1 aliphatic rings. The van der Waals surface area contributed by atoms with Crippen molar-refractivity contribution in [2.75, 3.05) is 0 Å². The number of amidine groups is 2. The number of imidazole rings is 1. The Morgan fingerprint density at radius 1 is 1.65 bits per heavy atom. The number of nitrogens with one attached hydrogen (secondary N) is 2. The van der Waals surface area contributed by atoms with Crippen LogP contribution in [0.15, 0.2) is 11.2 Å². The van der Waals surface area contributed by atoms with E-state index in [-0.39, 0.29) is 17.8 Å². The van der Waals surface area contributed by atoms with Crippen molar-refractivity contribution in [3.63, 3.8) is 0 Å². The normalized spacial score (nSPS) is 30.7. The van der Waals surface area contributed by atoms with E-state index in [9.17, 15) is 8.78 Å². The van der Waals surface area contributed by atoms with Gasteiger partial charge in [-0.15, -0.1) is 0 Å². The van der Waals surface area contributed by atoms with E-state index >= 15 is 0 Å². The lowest BCUT2D eigenvalue weighted by Crippen LogP contribution is -2.17. The van der Waals surface area contributed by atoms with Crippen LogP contribution in [0.2, 0.25) is 0 Å². The number of ether oxygens (including phenoxy) is 1. The lowest BCUT2D eigenvalue weighted by Gasteiger charge is -2.11. The fourth-order valence-electron chi connectivity index (χ4n) is 2.34. The van der Waals surface area contributed by atoms with Gasteiger partial charge in [0, 0.05) is 5.92 Å². The van der Waals surface area contributed by atoms with Crippen LogP contribution in [-0.4, -0.2) is 34.2 Å². The highest BCUT2D eigenvalue weighted by atomic mass is 19.1. The first-order chi connectivity index (χ1) is 9.43. The number of hydrogen-bond acceptors (Lipinski definition) is 3. The van der Waals surface area contributed by atoms with Crippen molar-refractivity contribution in [1.82, 2.24) is 9.97 Å². The van der Waals surface area contributed by atoms with Gasteiger partial charge in [-0.3, -0.25) is 5.41 Å². The molecule has 0 spiro atoms. The predicted molar refractivity (Wildman–Crippen MR) is 70.1 cm³/mol. The van der Waals surface area contributed by atoms with Gasteiger partial charge >= 0.3 is 0 Å². The van der Waals surface area contributed by atoms with Gasteiger partial charge in [0.25, 0.3) is 6.09 Å². The van der Waals surface area contributed by atoms with Crippen molar-refractivity contribution in [1.29, 1.82) is 5.41 Å². The molecule has 0 unspecified atom stereocenters. The average Bonchev–Trinajstić information content (AvgIpc) is 2.96. The summed E-state index contributed by atoms with van der Waals surface area (Å²) in [6.45, 7) is 3.73. The van der Waals surface area contributed by atoms with Crippen molar-refractivity contribution in [3.05, 3.63) is 17.7 Å². The number of aromatic nitrogens is 2. The Balaban J connectivity index is 2.17. The topological polar surface area (TPSA) is 100 Å². The monoisotopic (exact) mass is 285 g/mol. The third-order valence-electron chi connectivity index (χ3n) is 3.45. The second-order valence-electron chi connectivity index (χ2n) is 4.78. The highest BCUT2D eigenvalue weighted by Gasteiger charge is 2.42. The summed E-state index contributed by atoms with van der Waals surface area (Å²) in [6.07, 6.45) is -1.20. The van der Waals surface area contributed by atoms with Gasteiger partial charge in [-0.1, -0.05) is 13.8 Å². The number of H-pyrrole nitrogens is 1. The summed E-state index contributed by atoms with van der Waals surface area (Å²) in [6, 6.07) is 0. The number of alkyl halides is 1. The number of aliphatic imine (C=N–C) groups is 1. The van der Waals surface area contributed by atoms with Gasteiger partial charge in [-0.05, 0) is 6.42 Å². The smallest absolute Gasteiger partial charge is 0.281 e. The van der Waals surface area contributed by atoms with Crippen molar-refractivity contribution >= 4 is 11.9 Å². The second-order valence-corrected chi connectivity index (χ2v) is 4.78. The fourth-order valence-corrected chi connectivity index (χ4v) is 2.34. The van der Waals surface area contributed by atoms with Gasteiger partial charge in [0.05, 0.1) is 18.0 Å². The Labute approximate surface area is 115 Å². The summed E-state index contributed by atoms with van der Waals surface area (Å²) in [5.41, 5.74) is 5.16. The third-order valence-corrected chi connectivity index (χ3v) is 3.45. The number of nitrogens with two attached hydrogens (primary N) is 1. The standard InChI is InChI=1S/C12H17F2N5O/c1-3-7-5(2)8(13)9(20-7)6-4-17-11(18-6)10(15)19-12(14)16/h4-5,7-9H,3H2,1-2H3,(H,17,18)(H3,15,16,19)/t5-,7-,8-,9+/m1/s1. The summed E-state index contributed by atoms with van der Waals surface area (Å²) < 4.78 is 32.3. The molecule has 1 aromatic heterocycles. The SMILES string of the molecule is CC[C@H]1O[C@@H](c2cnc(C(=N)N=C(N)F)[nH]2)[C@H](F)[C@@H]1C. The van der Waals surface area contributed by atoms with Crippen molar-refractivity contribution in [3.8, 4) is 0 Å². The van der Waals surface area contributed by atoms with Crippen molar-refractivity contribution in [2.45, 2.75) is 38.6 Å². The first-order valence-electron chi connectivity index (χ1n) is 6.37. The maximum absolute atomic E-state index is 14.2. The zero-order chi connectivity index (χ0) is 14.9. The molecule has 0 aromatic carbocycles. The van der Waals surface area contributed by atoms with E-state index in [0.29, 0.717) is 5.69 Å². The van der Waals surface area contributed by atoms with Gasteiger partial charge in [0.2, 0.25) is 0 Å². The van der Waals surface area contributed by atoms with Gasteiger partial charge < -0.3 is 15.5 Å². The molecule has 0 bridgehead atoms. The molecule has 0 aliphatic carbocycles. The van der Waals surface area contributed by atoms with Gasteiger partial charge in [0.1, 0.15) is 12.3 Å². The second kappa shape index (κ2) is 5.66. The fraction of sp³-hybridized carbons (Fsp3) is 0.583. The molecule has 1 fully saturated rings. The maximum atomic E-state index is 14.2. The molecule has 1 aromatic rings. The minimum atomic E-state index is -1.23. The van der Waals surface area contributed by atoms with Crippen LogP contribution in [0.25, 0.3) is 0 Å². The molecule has 4 N–H and O–H groups in total. The highest BCUT2D eigenvalue weighted by Crippen LogP contribution is 2.39. The van der Waals surface area contributed by atoms with Crippen LogP contribution in [0.4, 0.5) is 8.78 Å². The molecule has 6 nitrogen and oxygen atoms in total. The zero-order valence-corrected chi connectivity index (χ0v) is 11.2. The van der Waals surface area contributed by atoms with E-state index in [1.165, 1.54) is 6.20 Å². The molecule has 0 amide bonds. The Kier molecular flexibility index (Phi) is 4.12. The van der Waals surface area contributed by atoms with E-state index in [0.717, 1.165) is 6.42 Å². The summed E-state index contributed by atoms with van der Waals surface area (Å²) in [7, 11) is 0. The van der Waals surface area contributed by atoms with Gasteiger partial charge in [-0.25, -0.2) is 9.37 Å². The molecule has 0 radical (unpaired) electrons. The molecule has 4 atom stereocenters. The minimum Gasteiger partial charge on any atom is -0.365 e. The van der Waals surface area contributed by atoms with E-state index in [2.05, 4.69) is 15.0 Å². The lowest BCUT2D eigenvalue weighted by atomic mass is 9.97. The Morgan fingerprint density at radius 3 is 2.90 bits per heavy atom. The van der Waals surface area contributed by atoms with Crippen molar-refractivity contribution < 1.29 is 13.5 Å². The van der Waals surface area contributed by atoms with Crippen LogP contribution < -0.4 is 5.73 Å². The number of rotatable bonds is 3. The number of nitrogens with zero attached hydrogens (tertiary/aromatic N) is 2. The largest absolute Gasteiger partial charge is 0.365 e. The molecular weight excluding hydrogens is 268 g/mol. The molecule has 0 saturated carbocycles. The van der Waals surface area contributed by atoms with E-state index in [4.69, 9.17) is 15.9 Å². The van der Waals surface area contributed by atoms with Crippen LogP contribution in [0.3, 0.4) is 0 Å². The number of halogens is 2. The van der Waals surface area contributed by atoms with E-state index in [1.807, 2.05) is 6.92 Å². The minimum absolute atomic E-state index is 0.0176. The number of hydrogen-bond donors (Lipinski definition) is 3. The van der Waals surface area contributed by atoms with Crippen molar-refractivity contribution in [2.24, 2.45) is 16.6 Å². The highest BCUT2D eigenvalue weighted by molar-refractivity contribution is 5.99. The predicted octanol–water partition coefficient (Wildman–Crippen LogP) is 1.84. The van der Waals surface area contributed by atoms with Crippen LogP contribution in [0, 0.1) is 11.3 Å².